The summed E-state index contributed by atoms with van der Waals surface area (Å²) in [6.07, 6.45) is 1.28. The van der Waals surface area contributed by atoms with Crippen molar-refractivity contribution in [3.8, 4) is 11.3 Å². The lowest BCUT2D eigenvalue weighted by Crippen LogP contribution is -2.21. The van der Waals surface area contributed by atoms with Crippen LogP contribution >= 0.6 is 11.6 Å². The monoisotopic (exact) mass is 236 g/mol. The predicted molar refractivity (Wildman–Crippen MR) is 60.9 cm³/mol. The van der Waals surface area contributed by atoms with Gasteiger partial charge in [0.25, 0.3) is 0 Å². The number of aryl methyl sites for hydroxylation is 1. The molecule has 0 fully saturated rings. The van der Waals surface area contributed by atoms with Gasteiger partial charge in [-0.05, 0) is 19.1 Å². The Morgan fingerprint density at radius 1 is 1.31 bits per heavy atom. The standard InChI is InChI=1S/C11H9ClN2O2/c1-7-11(15)14(16)6-10(13-7)8-2-4-9(12)5-3-8/h2-6,16H,1H3. The van der Waals surface area contributed by atoms with Crippen molar-refractivity contribution < 1.29 is 5.21 Å². The molecule has 16 heavy (non-hydrogen) atoms. The minimum atomic E-state index is -0.516. The van der Waals surface area contributed by atoms with E-state index in [0.29, 0.717) is 15.4 Å². The summed E-state index contributed by atoms with van der Waals surface area (Å²) in [4.78, 5) is 15.3. The molecule has 0 atom stereocenters. The Hall–Kier alpha value is -1.81. The van der Waals surface area contributed by atoms with Crippen LogP contribution in [0.5, 0.6) is 0 Å². The van der Waals surface area contributed by atoms with Gasteiger partial charge in [-0.25, -0.2) is 4.98 Å². The lowest BCUT2D eigenvalue weighted by molar-refractivity contribution is 0.173. The van der Waals surface area contributed by atoms with Crippen molar-refractivity contribution >= 4 is 11.6 Å². The van der Waals surface area contributed by atoms with Crippen LogP contribution in [0.15, 0.2) is 35.3 Å². The lowest BCUT2D eigenvalue weighted by Gasteiger charge is -2.04. The fraction of sp³-hybridized carbons (Fsp3) is 0.0909. The third-order valence-electron chi connectivity index (χ3n) is 2.19. The van der Waals surface area contributed by atoms with Gasteiger partial charge in [0.15, 0.2) is 0 Å². The summed E-state index contributed by atoms with van der Waals surface area (Å²) in [6.45, 7) is 1.55. The molecule has 0 unspecified atom stereocenters. The molecule has 0 bridgehead atoms. The Morgan fingerprint density at radius 2 is 1.94 bits per heavy atom. The van der Waals surface area contributed by atoms with Crippen LogP contribution in [0, 0.1) is 6.92 Å². The Morgan fingerprint density at radius 3 is 2.50 bits per heavy atom. The van der Waals surface area contributed by atoms with Crippen LogP contribution in [-0.4, -0.2) is 14.9 Å². The summed E-state index contributed by atoms with van der Waals surface area (Å²) in [7, 11) is 0. The van der Waals surface area contributed by atoms with Gasteiger partial charge in [0.1, 0.15) is 5.69 Å². The van der Waals surface area contributed by atoms with Crippen LogP contribution in [0.25, 0.3) is 11.3 Å². The highest BCUT2D eigenvalue weighted by molar-refractivity contribution is 6.30. The van der Waals surface area contributed by atoms with Gasteiger partial charge < -0.3 is 5.21 Å². The van der Waals surface area contributed by atoms with E-state index in [9.17, 15) is 10.0 Å². The Balaban J connectivity index is 2.57. The molecule has 0 aliphatic carbocycles. The van der Waals surface area contributed by atoms with Gasteiger partial charge in [0.05, 0.1) is 11.9 Å². The zero-order chi connectivity index (χ0) is 11.7. The first-order valence-corrected chi connectivity index (χ1v) is 5.01. The first-order chi connectivity index (χ1) is 7.58. The first kappa shape index (κ1) is 10.7. The highest BCUT2D eigenvalue weighted by Gasteiger charge is 2.05. The SMILES string of the molecule is Cc1nc(-c2ccc(Cl)cc2)cn(O)c1=O. The van der Waals surface area contributed by atoms with E-state index in [1.54, 1.807) is 31.2 Å². The molecule has 1 aromatic heterocycles. The Kier molecular flexibility index (Phi) is 2.66. The average Bonchev–Trinajstić information content (AvgIpc) is 2.26. The summed E-state index contributed by atoms with van der Waals surface area (Å²) in [5, 5.41) is 9.96. The maximum Gasteiger partial charge on any atom is 0.304 e. The summed E-state index contributed by atoms with van der Waals surface area (Å²) in [5.74, 6) is 0. The van der Waals surface area contributed by atoms with Crippen LogP contribution in [-0.2, 0) is 0 Å². The number of rotatable bonds is 1. The molecule has 0 saturated carbocycles. The van der Waals surface area contributed by atoms with Gasteiger partial charge in [0.2, 0.25) is 0 Å². The van der Waals surface area contributed by atoms with Crippen molar-refractivity contribution in [2.45, 2.75) is 6.92 Å². The molecule has 5 heteroatoms. The van der Waals surface area contributed by atoms with E-state index in [1.807, 2.05) is 0 Å². The molecule has 0 radical (unpaired) electrons. The van der Waals surface area contributed by atoms with E-state index in [1.165, 1.54) is 6.20 Å². The molecule has 1 heterocycles. The maximum atomic E-state index is 11.2. The fourth-order valence-electron chi connectivity index (χ4n) is 1.36. The Labute approximate surface area is 96.7 Å². The van der Waals surface area contributed by atoms with E-state index in [0.717, 1.165) is 5.56 Å². The molecule has 0 aliphatic rings. The third kappa shape index (κ3) is 1.92. The van der Waals surface area contributed by atoms with E-state index in [-0.39, 0.29) is 5.69 Å². The molecular weight excluding hydrogens is 228 g/mol. The Bertz CT molecular complexity index is 549. The first-order valence-electron chi connectivity index (χ1n) is 4.63. The predicted octanol–water partition coefficient (Wildman–Crippen LogP) is 2.11. The van der Waals surface area contributed by atoms with Crippen molar-refractivity contribution in [3.05, 3.63) is 51.5 Å². The lowest BCUT2D eigenvalue weighted by atomic mass is 10.1. The zero-order valence-corrected chi connectivity index (χ0v) is 9.27. The molecule has 82 valence electrons. The molecule has 2 rings (SSSR count). The van der Waals surface area contributed by atoms with Crippen molar-refractivity contribution in [1.29, 1.82) is 0 Å². The molecule has 0 spiro atoms. The number of nitrogens with zero attached hydrogens (tertiary/aromatic N) is 2. The van der Waals surface area contributed by atoms with E-state index < -0.39 is 5.56 Å². The summed E-state index contributed by atoms with van der Waals surface area (Å²) in [6, 6.07) is 6.99. The van der Waals surface area contributed by atoms with Crippen molar-refractivity contribution in [2.75, 3.05) is 0 Å². The van der Waals surface area contributed by atoms with Gasteiger partial charge in [-0.3, -0.25) is 4.79 Å². The number of halogens is 1. The van der Waals surface area contributed by atoms with Crippen LogP contribution in [0.3, 0.4) is 0 Å². The molecule has 2 aromatic rings. The number of benzene rings is 1. The summed E-state index contributed by atoms with van der Waals surface area (Å²) in [5.41, 5.74) is 1.04. The highest BCUT2D eigenvalue weighted by atomic mass is 35.5. The summed E-state index contributed by atoms with van der Waals surface area (Å²) >= 11 is 5.76. The third-order valence-corrected chi connectivity index (χ3v) is 2.44. The largest absolute Gasteiger partial charge is 0.425 e. The number of hydrogen-bond donors (Lipinski definition) is 1. The zero-order valence-electron chi connectivity index (χ0n) is 8.51. The second-order valence-electron chi connectivity index (χ2n) is 3.37. The number of hydrogen-bond acceptors (Lipinski definition) is 3. The highest BCUT2D eigenvalue weighted by Crippen LogP contribution is 2.18. The molecular formula is C11H9ClN2O2. The van der Waals surface area contributed by atoms with Gasteiger partial charge in [-0.1, -0.05) is 23.7 Å². The molecule has 0 saturated heterocycles. The van der Waals surface area contributed by atoms with Crippen LogP contribution in [0.1, 0.15) is 5.69 Å². The fourth-order valence-corrected chi connectivity index (χ4v) is 1.48. The molecule has 1 N–H and O–H groups in total. The molecule has 0 amide bonds. The number of aromatic nitrogens is 2. The minimum absolute atomic E-state index is 0.245. The van der Waals surface area contributed by atoms with Crippen molar-refractivity contribution in [3.63, 3.8) is 0 Å². The smallest absolute Gasteiger partial charge is 0.304 e. The van der Waals surface area contributed by atoms with E-state index in [2.05, 4.69) is 4.98 Å². The van der Waals surface area contributed by atoms with Crippen molar-refractivity contribution in [1.82, 2.24) is 9.71 Å². The second kappa shape index (κ2) is 3.98. The van der Waals surface area contributed by atoms with Crippen LogP contribution in [0.4, 0.5) is 0 Å². The van der Waals surface area contributed by atoms with Gasteiger partial charge in [-0.2, -0.15) is 4.73 Å². The normalized spacial score (nSPS) is 10.4. The second-order valence-corrected chi connectivity index (χ2v) is 3.80. The van der Waals surface area contributed by atoms with Crippen molar-refractivity contribution in [2.24, 2.45) is 0 Å². The van der Waals surface area contributed by atoms with Gasteiger partial charge >= 0.3 is 5.56 Å². The summed E-state index contributed by atoms with van der Waals surface area (Å²) < 4.78 is 0.534. The van der Waals surface area contributed by atoms with E-state index in [4.69, 9.17) is 11.6 Å². The minimum Gasteiger partial charge on any atom is -0.425 e. The molecule has 4 nitrogen and oxygen atoms in total. The quantitative estimate of drug-likeness (QED) is 0.772. The van der Waals surface area contributed by atoms with Crippen LogP contribution < -0.4 is 5.56 Å². The van der Waals surface area contributed by atoms with Gasteiger partial charge in [0, 0.05) is 10.6 Å². The molecule has 1 aromatic carbocycles. The van der Waals surface area contributed by atoms with Gasteiger partial charge in [-0.15, -0.1) is 0 Å². The van der Waals surface area contributed by atoms with Crippen LogP contribution in [0.2, 0.25) is 5.02 Å². The molecule has 0 aliphatic heterocycles. The topological polar surface area (TPSA) is 55.1 Å². The maximum absolute atomic E-state index is 11.2. The average molecular weight is 237 g/mol. The van der Waals surface area contributed by atoms with E-state index >= 15 is 0 Å².